The van der Waals surface area contributed by atoms with Crippen LogP contribution in [0.1, 0.15) is 16.1 Å². The molecule has 2 rings (SSSR count). The standard InChI is InChI=1S/C12H13F2N3O/c1-15-11(18)10-3-2-8(6-17-10)9-4-5-16-7-12(9,13)14/h2-4,6,16H,5,7H2,1H3,(H,15,18). The number of nitrogens with zero attached hydrogens (tertiary/aromatic N) is 1. The highest BCUT2D eigenvalue weighted by Gasteiger charge is 2.36. The maximum Gasteiger partial charge on any atom is 0.285 e. The molecule has 0 aromatic carbocycles. The van der Waals surface area contributed by atoms with E-state index in [4.69, 9.17) is 0 Å². The summed E-state index contributed by atoms with van der Waals surface area (Å²) in [4.78, 5) is 15.2. The van der Waals surface area contributed by atoms with Gasteiger partial charge in [-0.3, -0.25) is 9.78 Å². The number of carbonyl (C=O) groups excluding carboxylic acids is 1. The Kier molecular flexibility index (Phi) is 3.38. The molecule has 0 saturated carbocycles. The molecule has 1 aromatic rings. The van der Waals surface area contributed by atoms with Crippen molar-refractivity contribution in [2.45, 2.75) is 5.92 Å². The summed E-state index contributed by atoms with van der Waals surface area (Å²) in [6.45, 7) is 0.0259. The summed E-state index contributed by atoms with van der Waals surface area (Å²) in [6, 6.07) is 2.93. The lowest BCUT2D eigenvalue weighted by Crippen LogP contribution is -2.38. The van der Waals surface area contributed by atoms with Crippen LogP contribution < -0.4 is 10.6 Å². The molecule has 18 heavy (non-hydrogen) atoms. The predicted molar refractivity (Wildman–Crippen MR) is 63.4 cm³/mol. The smallest absolute Gasteiger partial charge is 0.285 e. The summed E-state index contributed by atoms with van der Waals surface area (Å²) in [6.07, 6.45) is 2.75. The number of carbonyl (C=O) groups is 1. The first-order chi connectivity index (χ1) is 8.54. The number of halogens is 2. The van der Waals surface area contributed by atoms with Crippen LogP contribution in [0.4, 0.5) is 8.78 Å². The van der Waals surface area contributed by atoms with Crippen LogP contribution in [0.2, 0.25) is 0 Å². The third-order valence-corrected chi connectivity index (χ3v) is 2.73. The molecule has 0 spiro atoms. The van der Waals surface area contributed by atoms with Gasteiger partial charge in [-0.2, -0.15) is 8.78 Å². The predicted octanol–water partition coefficient (Wildman–Crippen LogP) is 1.06. The molecule has 2 heterocycles. The summed E-state index contributed by atoms with van der Waals surface area (Å²) in [7, 11) is 1.49. The van der Waals surface area contributed by atoms with Gasteiger partial charge in [0.25, 0.3) is 11.8 Å². The van der Waals surface area contributed by atoms with E-state index in [9.17, 15) is 13.6 Å². The van der Waals surface area contributed by atoms with Gasteiger partial charge < -0.3 is 10.6 Å². The van der Waals surface area contributed by atoms with E-state index < -0.39 is 5.92 Å². The van der Waals surface area contributed by atoms with Crippen molar-refractivity contribution in [2.75, 3.05) is 20.1 Å². The minimum atomic E-state index is -2.91. The minimum absolute atomic E-state index is 0.0443. The number of rotatable bonds is 2. The van der Waals surface area contributed by atoms with Crippen LogP contribution in [0.25, 0.3) is 5.57 Å². The number of hydrogen-bond acceptors (Lipinski definition) is 3. The van der Waals surface area contributed by atoms with Crippen molar-refractivity contribution < 1.29 is 13.6 Å². The highest BCUT2D eigenvalue weighted by atomic mass is 19.3. The van der Waals surface area contributed by atoms with Crippen LogP contribution >= 0.6 is 0 Å². The number of pyridine rings is 1. The van der Waals surface area contributed by atoms with E-state index in [1.54, 1.807) is 0 Å². The van der Waals surface area contributed by atoms with Gasteiger partial charge in [-0.1, -0.05) is 12.1 Å². The first-order valence-corrected chi connectivity index (χ1v) is 5.52. The number of alkyl halides is 2. The third kappa shape index (κ3) is 2.38. The molecule has 0 radical (unpaired) electrons. The third-order valence-electron chi connectivity index (χ3n) is 2.73. The van der Waals surface area contributed by atoms with Gasteiger partial charge in [0, 0.05) is 30.9 Å². The van der Waals surface area contributed by atoms with Gasteiger partial charge in [0.1, 0.15) is 5.69 Å². The van der Waals surface area contributed by atoms with E-state index in [0.717, 1.165) is 0 Å². The fourth-order valence-corrected chi connectivity index (χ4v) is 1.79. The highest BCUT2D eigenvalue weighted by Crippen LogP contribution is 2.33. The highest BCUT2D eigenvalue weighted by molar-refractivity contribution is 5.92. The Morgan fingerprint density at radius 2 is 2.28 bits per heavy atom. The molecule has 6 heteroatoms. The number of amides is 1. The summed E-state index contributed by atoms with van der Waals surface area (Å²) in [5.41, 5.74) is 0.505. The van der Waals surface area contributed by atoms with Gasteiger partial charge in [0.05, 0.1) is 6.54 Å². The van der Waals surface area contributed by atoms with E-state index in [1.807, 2.05) is 0 Å². The Hall–Kier alpha value is -1.82. The van der Waals surface area contributed by atoms with Crippen LogP contribution in [0.3, 0.4) is 0 Å². The van der Waals surface area contributed by atoms with Crippen LogP contribution in [-0.4, -0.2) is 37.0 Å². The second-order valence-corrected chi connectivity index (χ2v) is 3.96. The summed E-state index contributed by atoms with van der Waals surface area (Å²) in [5, 5.41) is 5.02. The Morgan fingerprint density at radius 3 is 2.83 bits per heavy atom. The van der Waals surface area contributed by atoms with Crippen LogP contribution in [-0.2, 0) is 0 Å². The Morgan fingerprint density at radius 1 is 1.50 bits per heavy atom. The fraction of sp³-hybridized carbons (Fsp3) is 0.333. The first-order valence-electron chi connectivity index (χ1n) is 5.52. The number of hydrogen-bond donors (Lipinski definition) is 2. The fourth-order valence-electron chi connectivity index (χ4n) is 1.79. The van der Waals surface area contributed by atoms with Crippen LogP contribution in [0.5, 0.6) is 0 Å². The van der Waals surface area contributed by atoms with E-state index in [-0.39, 0.29) is 23.7 Å². The molecule has 1 aromatic heterocycles. The van der Waals surface area contributed by atoms with Gasteiger partial charge in [0.2, 0.25) is 0 Å². The molecule has 0 saturated heterocycles. The lowest BCUT2D eigenvalue weighted by atomic mass is 9.98. The molecule has 0 bridgehead atoms. The zero-order chi connectivity index (χ0) is 13.2. The second-order valence-electron chi connectivity index (χ2n) is 3.96. The molecule has 4 nitrogen and oxygen atoms in total. The zero-order valence-electron chi connectivity index (χ0n) is 9.84. The Balaban J connectivity index is 2.29. The second kappa shape index (κ2) is 4.81. The Bertz CT molecular complexity index is 483. The monoisotopic (exact) mass is 253 g/mol. The van der Waals surface area contributed by atoms with Gasteiger partial charge >= 0.3 is 0 Å². The molecular weight excluding hydrogens is 240 g/mol. The van der Waals surface area contributed by atoms with Gasteiger partial charge in [-0.05, 0) is 6.07 Å². The van der Waals surface area contributed by atoms with Crippen molar-refractivity contribution in [3.63, 3.8) is 0 Å². The quantitative estimate of drug-likeness (QED) is 0.828. The maximum atomic E-state index is 13.6. The molecule has 1 amide bonds. The van der Waals surface area contributed by atoms with Gasteiger partial charge in [-0.25, -0.2) is 0 Å². The summed E-state index contributed by atoms with van der Waals surface area (Å²) in [5.74, 6) is -3.25. The van der Waals surface area contributed by atoms with Gasteiger partial charge in [-0.15, -0.1) is 0 Å². The lowest BCUT2D eigenvalue weighted by Gasteiger charge is -2.24. The average molecular weight is 253 g/mol. The normalized spacial score (nSPS) is 18.1. The summed E-state index contributed by atoms with van der Waals surface area (Å²) >= 11 is 0. The van der Waals surface area contributed by atoms with E-state index in [1.165, 1.54) is 31.5 Å². The van der Waals surface area contributed by atoms with Crippen molar-refractivity contribution in [1.82, 2.24) is 15.6 Å². The van der Waals surface area contributed by atoms with Crippen molar-refractivity contribution in [3.8, 4) is 0 Å². The van der Waals surface area contributed by atoms with Crippen molar-refractivity contribution in [1.29, 1.82) is 0 Å². The van der Waals surface area contributed by atoms with Crippen molar-refractivity contribution in [2.24, 2.45) is 0 Å². The molecular formula is C12H13F2N3O. The average Bonchev–Trinajstić information content (AvgIpc) is 2.37. The first kappa shape index (κ1) is 12.6. The molecule has 0 atom stereocenters. The summed E-state index contributed by atoms with van der Waals surface area (Å²) < 4.78 is 27.3. The largest absolute Gasteiger partial charge is 0.354 e. The topological polar surface area (TPSA) is 54.0 Å². The Labute approximate surface area is 103 Å². The molecule has 2 N–H and O–H groups in total. The van der Waals surface area contributed by atoms with Gasteiger partial charge in [0.15, 0.2) is 0 Å². The lowest BCUT2D eigenvalue weighted by molar-refractivity contribution is 0.0636. The molecule has 0 unspecified atom stereocenters. The SMILES string of the molecule is CNC(=O)c1ccc(C2=CCNCC2(F)F)cn1. The molecule has 96 valence electrons. The van der Waals surface area contributed by atoms with E-state index in [2.05, 4.69) is 15.6 Å². The van der Waals surface area contributed by atoms with Crippen LogP contribution in [0, 0.1) is 0 Å². The van der Waals surface area contributed by atoms with E-state index in [0.29, 0.717) is 12.1 Å². The maximum absolute atomic E-state index is 13.6. The minimum Gasteiger partial charge on any atom is -0.354 e. The van der Waals surface area contributed by atoms with Crippen LogP contribution in [0.15, 0.2) is 24.4 Å². The number of nitrogens with one attached hydrogen (secondary N) is 2. The van der Waals surface area contributed by atoms with Crippen molar-refractivity contribution >= 4 is 11.5 Å². The molecule has 0 fully saturated rings. The molecule has 0 aliphatic carbocycles. The molecule has 1 aliphatic rings. The molecule has 1 aliphatic heterocycles. The number of aromatic nitrogens is 1. The van der Waals surface area contributed by atoms with E-state index >= 15 is 0 Å². The van der Waals surface area contributed by atoms with Crippen molar-refractivity contribution in [3.05, 3.63) is 35.7 Å². The zero-order valence-corrected chi connectivity index (χ0v) is 9.84.